The smallest absolute Gasteiger partial charge is 0.308 e. The van der Waals surface area contributed by atoms with Crippen LogP contribution in [0.1, 0.15) is 66.7 Å². The molecule has 0 saturated carbocycles. The number of likely N-dealkylation sites (tertiary alicyclic amines) is 1. The number of nitrogens with zero attached hydrogens (tertiary/aromatic N) is 2. The lowest BCUT2D eigenvalue weighted by atomic mass is 9.66. The van der Waals surface area contributed by atoms with E-state index < -0.39 is 39.4 Å². The zero-order valence-corrected chi connectivity index (χ0v) is 21.4. The molecule has 3 aliphatic heterocycles. The molecule has 186 valence electrons. The van der Waals surface area contributed by atoms with E-state index in [1.54, 1.807) is 27.6 Å². The minimum absolute atomic E-state index is 0.0218. The van der Waals surface area contributed by atoms with E-state index in [2.05, 4.69) is 13.5 Å². The predicted octanol–water partition coefficient (Wildman–Crippen LogP) is 3.16. The lowest BCUT2D eigenvalue weighted by molar-refractivity contribution is -0.151. The van der Waals surface area contributed by atoms with Gasteiger partial charge in [0.25, 0.3) is 0 Å². The zero-order chi connectivity index (χ0) is 24.7. The van der Waals surface area contributed by atoms with Crippen LogP contribution < -0.4 is 0 Å². The van der Waals surface area contributed by atoms with Crippen molar-refractivity contribution in [2.45, 2.75) is 94.3 Å². The van der Waals surface area contributed by atoms with Gasteiger partial charge in [0.15, 0.2) is 0 Å². The molecule has 3 unspecified atom stereocenters. The van der Waals surface area contributed by atoms with Crippen LogP contribution in [0.2, 0.25) is 0 Å². The quantitative estimate of drug-likeness (QED) is 0.441. The number of amides is 2. The topological polar surface area (TPSA) is 98.2 Å². The van der Waals surface area contributed by atoms with Crippen LogP contribution in [0.4, 0.5) is 0 Å². The molecule has 0 aromatic rings. The van der Waals surface area contributed by atoms with Crippen LogP contribution in [0, 0.1) is 17.8 Å². The maximum absolute atomic E-state index is 14.3. The number of rotatable bonds is 11. The summed E-state index contributed by atoms with van der Waals surface area (Å²) in [6.45, 7) is 14.0. The van der Waals surface area contributed by atoms with Crippen molar-refractivity contribution in [2.24, 2.45) is 17.8 Å². The molecule has 2 N–H and O–H groups in total. The lowest BCUT2D eigenvalue weighted by Crippen LogP contribution is -2.59. The van der Waals surface area contributed by atoms with E-state index in [1.165, 1.54) is 0 Å². The van der Waals surface area contributed by atoms with Gasteiger partial charge >= 0.3 is 5.97 Å². The van der Waals surface area contributed by atoms with E-state index in [4.69, 9.17) is 0 Å². The molecular formula is C25H40N2O5S. The van der Waals surface area contributed by atoms with Gasteiger partial charge in [0.2, 0.25) is 11.8 Å². The average molecular weight is 481 g/mol. The van der Waals surface area contributed by atoms with Crippen molar-refractivity contribution < 1.29 is 24.6 Å². The van der Waals surface area contributed by atoms with E-state index in [-0.39, 0.29) is 30.4 Å². The summed E-state index contributed by atoms with van der Waals surface area (Å²) in [6, 6.07) is -1.33. The summed E-state index contributed by atoms with van der Waals surface area (Å²) in [5, 5.41) is 20.5. The molecule has 8 atom stereocenters. The van der Waals surface area contributed by atoms with E-state index >= 15 is 0 Å². The maximum atomic E-state index is 14.3. The van der Waals surface area contributed by atoms with Crippen molar-refractivity contribution in [3.05, 3.63) is 12.7 Å². The highest BCUT2D eigenvalue weighted by molar-refractivity contribution is 8.02. The molecule has 0 aromatic carbocycles. The monoisotopic (exact) mass is 480 g/mol. The fourth-order valence-electron chi connectivity index (χ4n) is 6.55. The molecule has 2 amide bonds. The van der Waals surface area contributed by atoms with Crippen molar-refractivity contribution in [3.63, 3.8) is 0 Å². The van der Waals surface area contributed by atoms with Gasteiger partial charge in [-0.25, -0.2) is 0 Å². The zero-order valence-electron chi connectivity index (χ0n) is 20.6. The number of carbonyl (C=O) groups excluding carboxylic acids is 2. The molecule has 0 aliphatic carbocycles. The third-order valence-electron chi connectivity index (χ3n) is 8.41. The Morgan fingerprint density at radius 3 is 2.52 bits per heavy atom. The van der Waals surface area contributed by atoms with Crippen LogP contribution in [0.5, 0.6) is 0 Å². The number of hydrogen-bond acceptors (Lipinski definition) is 5. The van der Waals surface area contributed by atoms with Crippen LogP contribution in [0.3, 0.4) is 0 Å². The Morgan fingerprint density at radius 2 is 2.00 bits per heavy atom. The van der Waals surface area contributed by atoms with E-state index in [0.29, 0.717) is 19.4 Å². The minimum Gasteiger partial charge on any atom is -0.481 e. The second-order valence-electron chi connectivity index (χ2n) is 10.4. The molecule has 3 rings (SSSR count). The molecule has 8 heteroatoms. The summed E-state index contributed by atoms with van der Waals surface area (Å²) in [5.74, 6) is -3.00. The van der Waals surface area contributed by atoms with Gasteiger partial charge in [-0.15, -0.1) is 18.3 Å². The minimum atomic E-state index is -0.968. The maximum Gasteiger partial charge on any atom is 0.308 e. The van der Waals surface area contributed by atoms with Gasteiger partial charge in [-0.1, -0.05) is 39.7 Å². The predicted molar refractivity (Wildman–Crippen MR) is 130 cm³/mol. The number of thioether (sulfide) groups is 1. The van der Waals surface area contributed by atoms with Crippen LogP contribution in [-0.2, 0) is 14.4 Å². The van der Waals surface area contributed by atoms with E-state index in [1.807, 2.05) is 27.7 Å². The first-order valence-electron chi connectivity index (χ1n) is 12.3. The first-order valence-corrected chi connectivity index (χ1v) is 13.1. The SMILES string of the molecule is C=CCN(C(=O)C1N([C@@H](CO)[C@@H](C)CC)C(=O)[C@@H]2[C@@H](C(=O)O)[C@@]3(C)CCC12S3)C(C)CCC. The highest BCUT2D eigenvalue weighted by Gasteiger charge is 2.78. The Kier molecular flexibility index (Phi) is 7.59. The Hall–Kier alpha value is -1.54. The van der Waals surface area contributed by atoms with Crippen molar-refractivity contribution in [1.82, 2.24) is 9.80 Å². The van der Waals surface area contributed by atoms with Gasteiger partial charge in [0.05, 0.1) is 29.2 Å². The summed E-state index contributed by atoms with van der Waals surface area (Å²) < 4.78 is -1.35. The first kappa shape index (κ1) is 26.1. The fourth-order valence-corrected chi connectivity index (χ4v) is 8.88. The number of hydrogen-bond donors (Lipinski definition) is 2. The number of fused-ring (bicyclic) bond motifs is 1. The number of aliphatic hydroxyl groups excluding tert-OH is 1. The molecule has 3 fully saturated rings. The molecule has 0 radical (unpaired) electrons. The summed E-state index contributed by atoms with van der Waals surface area (Å²) in [4.78, 5) is 44.1. The summed E-state index contributed by atoms with van der Waals surface area (Å²) in [7, 11) is 0. The van der Waals surface area contributed by atoms with Crippen LogP contribution >= 0.6 is 11.8 Å². The first-order chi connectivity index (χ1) is 15.5. The van der Waals surface area contributed by atoms with Crippen LogP contribution in [0.15, 0.2) is 12.7 Å². The van der Waals surface area contributed by atoms with Gasteiger partial charge in [-0.05, 0) is 39.0 Å². The highest BCUT2D eigenvalue weighted by Crippen LogP contribution is 2.71. The third-order valence-corrected chi connectivity index (χ3v) is 10.4. The number of carbonyl (C=O) groups is 3. The van der Waals surface area contributed by atoms with Gasteiger partial charge in [-0.2, -0.15) is 0 Å². The number of carboxylic acids is 1. The van der Waals surface area contributed by atoms with Crippen molar-refractivity contribution in [1.29, 1.82) is 0 Å². The molecule has 33 heavy (non-hydrogen) atoms. The van der Waals surface area contributed by atoms with E-state index in [9.17, 15) is 24.6 Å². The highest BCUT2D eigenvalue weighted by atomic mass is 32.2. The van der Waals surface area contributed by atoms with Gasteiger partial charge < -0.3 is 20.0 Å². The van der Waals surface area contributed by atoms with Crippen molar-refractivity contribution >= 4 is 29.5 Å². The second-order valence-corrected chi connectivity index (χ2v) is 12.3. The second kappa shape index (κ2) is 9.61. The van der Waals surface area contributed by atoms with Gasteiger partial charge in [0, 0.05) is 17.3 Å². The molecule has 2 bridgehead atoms. The van der Waals surface area contributed by atoms with Gasteiger partial charge in [0.1, 0.15) is 6.04 Å². The molecule has 3 heterocycles. The molecule has 3 saturated heterocycles. The summed E-state index contributed by atoms with van der Waals surface area (Å²) >= 11 is 1.54. The molecular weight excluding hydrogens is 440 g/mol. The Balaban J connectivity index is 2.16. The third kappa shape index (κ3) is 3.91. The Bertz CT molecular complexity index is 806. The number of carboxylic acid groups (broad SMARTS) is 1. The molecule has 1 spiro atoms. The van der Waals surface area contributed by atoms with Gasteiger partial charge in [-0.3, -0.25) is 14.4 Å². The number of aliphatic carboxylic acids is 1. The summed E-state index contributed by atoms with van der Waals surface area (Å²) in [5.41, 5.74) is 0. The molecule has 7 nitrogen and oxygen atoms in total. The van der Waals surface area contributed by atoms with Crippen molar-refractivity contribution in [2.75, 3.05) is 13.2 Å². The Morgan fingerprint density at radius 1 is 1.33 bits per heavy atom. The van der Waals surface area contributed by atoms with Crippen LogP contribution in [-0.4, -0.2) is 78.6 Å². The molecule has 3 aliphatic rings. The normalized spacial score (nSPS) is 35.3. The molecule has 0 aromatic heterocycles. The largest absolute Gasteiger partial charge is 0.481 e. The fraction of sp³-hybridized carbons (Fsp3) is 0.800. The Labute approximate surface area is 202 Å². The standard InChI is InChI=1S/C25H40N2O5S/c1-7-10-16(5)26(13-8-2)22(30)20-25-12-11-24(6,33-25)19(23(31)32)18(25)21(29)27(20)17(14-28)15(4)9-3/h8,15-20,28H,2,7,9-14H2,1,3-6H3,(H,31,32)/t15-,16?,17-,18-,19-,20?,24+,25?/m0/s1. The summed E-state index contributed by atoms with van der Waals surface area (Å²) in [6.07, 6.45) is 5.49. The van der Waals surface area contributed by atoms with Crippen molar-refractivity contribution in [3.8, 4) is 0 Å². The van der Waals surface area contributed by atoms with Crippen LogP contribution in [0.25, 0.3) is 0 Å². The van der Waals surface area contributed by atoms with E-state index in [0.717, 1.165) is 19.3 Å². The number of aliphatic hydroxyl groups is 1. The average Bonchev–Trinajstić information content (AvgIpc) is 3.33. The lowest BCUT2D eigenvalue weighted by Gasteiger charge is -2.42.